The van der Waals surface area contributed by atoms with E-state index in [1.807, 2.05) is 11.6 Å². The van der Waals surface area contributed by atoms with Crippen LogP contribution in [0, 0.1) is 11.7 Å². The standard InChI is InChI=1S/C15H17ClFN3O2S2/c1-20-14(7-10-5-6-24(21,22)9-10)18-19-15(20)23-8-11-12(16)3-2-4-13(11)17/h2-4,10H,5-9H2,1H3/t10-/m1/s1. The summed E-state index contributed by atoms with van der Waals surface area (Å²) in [6.45, 7) is 0. The first-order valence-electron chi connectivity index (χ1n) is 7.50. The molecule has 1 aromatic carbocycles. The van der Waals surface area contributed by atoms with E-state index in [1.54, 1.807) is 12.1 Å². The highest BCUT2D eigenvalue weighted by atomic mass is 35.5. The Labute approximate surface area is 149 Å². The molecule has 1 fully saturated rings. The summed E-state index contributed by atoms with van der Waals surface area (Å²) in [6.07, 6.45) is 1.26. The number of nitrogens with zero attached hydrogens (tertiary/aromatic N) is 3. The van der Waals surface area contributed by atoms with Crippen LogP contribution in [0.4, 0.5) is 4.39 Å². The summed E-state index contributed by atoms with van der Waals surface area (Å²) in [5, 5.41) is 9.33. The lowest BCUT2D eigenvalue weighted by molar-refractivity contribution is 0.552. The van der Waals surface area contributed by atoms with E-state index in [1.165, 1.54) is 17.8 Å². The molecule has 5 nitrogen and oxygen atoms in total. The number of thioether (sulfide) groups is 1. The van der Waals surface area contributed by atoms with Gasteiger partial charge in [-0.2, -0.15) is 0 Å². The van der Waals surface area contributed by atoms with E-state index in [2.05, 4.69) is 10.2 Å². The van der Waals surface area contributed by atoms with Crippen LogP contribution in [0.5, 0.6) is 0 Å². The predicted molar refractivity (Wildman–Crippen MR) is 92.4 cm³/mol. The summed E-state index contributed by atoms with van der Waals surface area (Å²) in [7, 11) is -1.06. The zero-order valence-electron chi connectivity index (χ0n) is 13.1. The molecule has 0 amide bonds. The average Bonchev–Trinajstić information content (AvgIpc) is 3.03. The normalized spacial score (nSPS) is 19.7. The maximum atomic E-state index is 13.8. The molecule has 2 heterocycles. The average molecular weight is 390 g/mol. The minimum absolute atomic E-state index is 0.0942. The molecular weight excluding hydrogens is 373 g/mol. The zero-order chi connectivity index (χ0) is 17.3. The van der Waals surface area contributed by atoms with Gasteiger partial charge >= 0.3 is 0 Å². The molecule has 0 radical (unpaired) electrons. The fourth-order valence-electron chi connectivity index (χ4n) is 2.75. The minimum Gasteiger partial charge on any atom is -0.309 e. The van der Waals surface area contributed by atoms with Gasteiger partial charge in [-0.3, -0.25) is 0 Å². The van der Waals surface area contributed by atoms with Gasteiger partial charge < -0.3 is 4.57 Å². The largest absolute Gasteiger partial charge is 0.309 e. The third kappa shape index (κ3) is 3.92. The maximum Gasteiger partial charge on any atom is 0.191 e. The van der Waals surface area contributed by atoms with Crippen LogP contribution in [-0.2, 0) is 29.1 Å². The lowest BCUT2D eigenvalue weighted by Gasteiger charge is -2.08. The van der Waals surface area contributed by atoms with Crippen LogP contribution in [0.1, 0.15) is 17.8 Å². The first-order valence-corrected chi connectivity index (χ1v) is 10.7. The van der Waals surface area contributed by atoms with Gasteiger partial charge in [-0.25, -0.2) is 12.8 Å². The molecule has 24 heavy (non-hydrogen) atoms. The SMILES string of the molecule is Cn1c(C[C@H]2CCS(=O)(=O)C2)nnc1SCc1c(F)cccc1Cl. The summed E-state index contributed by atoms with van der Waals surface area (Å²) in [5.74, 6) is 1.33. The van der Waals surface area contributed by atoms with Crippen molar-refractivity contribution in [1.29, 1.82) is 0 Å². The van der Waals surface area contributed by atoms with E-state index in [0.29, 0.717) is 34.3 Å². The summed E-state index contributed by atoms with van der Waals surface area (Å²) in [4.78, 5) is 0. The molecule has 2 aromatic rings. The Bertz CT molecular complexity index is 834. The van der Waals surface area contributed by atoms with Crippen LogP contribution < -0.4 is 0 Å². The highest BCUT2D eigenvalue weighted by Gasteiger charge is 2.29. The first-order chi connectivity index (χ1) is 11.4. The maximum absolute atomic E-state index is 13.8. The number of aromatic nitrogens is 3. The van der Waals surface area contributed by atoms with E-state index in [9.17, 15) is 12.8 Å². The van der Waals surface area contributed by atoms with Gasteiger partial charge in [-0.1, -0.05) is 29.4 Å². The summed E-state index contributed by atoms with van der Waals surface area (Å²) >= 11 is 7.38. The van der Waals surface area contributed by atoms with Gasteiger partial charge in [0.15, 0.2) is 15.0 Å². The van der Waals surface area contributed by atoms with Crippen LogP contribution >= 0.6 is 23.4 Å². The van der Waals surface area contributed by atoms with Crippen molar-refractivity contribution < 1.29 is 12.8 Å². The predicted octanol–water partition coefficient (Wildman–Crippen LogP) is 2.88. The van der Waals surface area contributed by atoms with Crippen molar-refractivity contribution in [2.75, 3.05) is 11.5 Å². The molecule has 0 saturated carbocycles. The van der Waals surface area contributed by atoms with E-state index < -0.39 is 9.84 Å². The topological polar surface area (TPSA) is 64.8 Å². The lowest BCUT2D eigenvalue weighted by Crippen LogP contribution is -2.11. The molecule has 0 spiro atoms. The number of rotatable bonds is 5. The quantitative estimate of drug-likeness (QED) is 0.735. The second kappa shape index (κ2) is 7.01. The monoisotopic (exact) mass is 389 g/mol. The highest BCUT2D eigenvalue weighted by molar-refractivity contribution is 7.98. The van der Waals surface area contributed by atoms with Gasteiger partial charge in [-0.05, 0) is 24.5 Å². The van der Waals surface area contributed by atoms with Crippen molar-refractivity contribution >= 4 is 33.2 Å². The fraction of sp³-hybridized carbons (Fsp3) is 0.467. The molecule has 1 aliphatic rings. The van der Waals surface area contributed by atoms with Crippen LogP contribution in [-0.4, -0.2) is 34.7 Å². The van der Waals surface area contributed by atoms with Crippen molar-refractivity contribution in [3.63, 3.8) is 0 Å². The number of hydrogen-bond donors (Lipinski definition) is 0. The van der Waals surface area contributed by atoms with E-state index in [-0.39, 0.29) is 23.2 Å². The Morgan fingerprint density at radius 3 is 2.88 bits per heavy atom. The zero-order valence-corrected chi connectivity index (χ0v) is 15.5. The smallest absolute Gasteiger partial charge is 0.191 e. The summed E-state index contributed by atoms with van der Waals surface area (Å²) in [5.41, 5.74) is 0.440. The Balaban J connectivity index is 1.67. The van der Waals surface area contributed by atoms with Gasteiger partial charge in [0.25, 0.3) is 0 Å². The van der Waals surface area contributed by atoms with Crippen LogP contribution in [0.15, 0.2) is 23.4 Å². The molecule has 9 heteroatoms. The van der Waals surface area contributed by atoms with Crippen molar-refractivity contribution in [3.05, 3.63) is 40.4 Å². The first kappa shape index (κ1) is 17.7. The minimum atomic E-state index is -2.90. The molecule has 0 N–H and O–H groups in total. The lowest BCUT2D eigenvalue weighted by atomic mass is 10.1. The van der Waals surface area contributed by atoms with Gasteiger partial charge in [0.1, 0.15) is 11.6 Å². The Hall–Kier alpha value is -1.12. The van der Waals surface area contributed by atoms with Gasteiger partial charge in [-0.15, -0.1) is 10.2 Å². The number of sulfone groups is 1. The molecule has 3 rings (SSSR count). The number of hydrogen-bond acceptors (Lipinski definition) is 5. The Kier molecular flexibility index (Phi) is 5.17. The van der Waals surface area contributed by atoms with Crippen molar-refractivity contribution in [2.24, 2.45) is 13.0 Å². The number of benzene rings is 1. The Morgan fingerprint density at radius 1 is 1.42 bits per heavy atom. The van der Waals surface area contributed by atoms with Gasteiger partial charge in [0.2, 0.25) is 0 Å². The molecule has 130 valence electrons. The van der Waals surface area contributed by atoms with Crippen molar-refractivity contribution in [3.8, 4) is 0 Å². The molecule has 1 atom stereocenters. The highest BCUT2D eigenvalue weighted by Crippen LogP contribution is 2.28. The van der Waals surface area contributed by atoms with Crippen molar-refractivity contribution in [2.45, 2.75) is 23.8 Å². The molecule has 1 aromatic heterocycles. The second-order valence-electron chi connectivity index (χ2n) is 5.92. The molecule has 0 unspecified atom stereocenters. The van der Waals surface area contributed by atoms with E-state index >= 15 is 0 Å². The fourth-order valence-corrected chi connectivity index (χ4v) is 5.88. The van der Waals surface area contributed by atoms with E-state index in [4.69, 9.17) is 11.6 Å². The molecular formula is C15H17ClFN3O2S2. The molecule has 0 aliphatic carbocycles. The van der Waals surface area contributed by atoms with Crippen LogP contribution in [0.3, 0.4) is 0 Å². The molecule has 1 saturated heterocycles. The van der Waals surface area contributed by atoms with Crippen LogP contribution in [0.2, 0.25) is 5.02 Å². The van der Waals surface area contributed by atoms with Crippen molar-refractivity contribution in [1.82, 2.24) is 14.8 Å². The summed E-state index contributed by atoms with van der Waals surface area (Å²) in [6, 6.07) is 4.61. The van der Waals surface area contributed by atoms with Gasteiger partial charge in [0.05, 0.1) is 11.5 Å². The van der Waals surface area contributed by atoms with Gasteiger partial charge in [0, 0.05) is 29.8 Å². The third-order valence-electron chi connectivity index (χ3n) is 4.13. The molecule has 0 bridgehead atoms. The second-order valence-corrected chi connectivity index (χ2v) is 9.50. The van der Waals surface area contributed by atoms with Crippen LogP contribution in [0.25, 0.3) is 0 Å². The molecule has 1 aliphatic heterocycles. The number of halogens is 2. The summed E-state index contributed by atoms with van der Waals surface area (Å²) < 4.78 is 38.7. The Morgan fingerprint density at radius 2 is 2.21 bits per heavy atom. The van der Waals surface area contributed by atoms with E-state index in [0.717, 1.165) is 5.82 Å². The third-order valence-corrected chi connectivity index (χ3v) is 7.37.